The fourth-order valence-corrected chi connectivity index (χ4v) is 0.0745. The molecule has 0 radical (unpaired) electrons. The summed E-state index contributed by atoms with van der Waals surface area (Å²) in [5.41, 5.74) is 0. The van der Waals surface area contributed by atoms with E-state index in [1.807, 2.05) is 0 Å². The zero-order valence-electron chi connectivity index (χ0n) is 3.59. The van der Waals surface area contributed by atoms with Gasteiger partial charge in [-0.1, -0.05) is 6.92 Å². The van der Waals surface area contributed by atoms with Crippen molar-refractivity contribution in [1.29, 1.82) is 0 Å². The van der Waals surface area contributed by atoms with Crippen LogP contribution < -0.4 is 0 Å². The third-order valence-electron chi connectivity index (χ3n) is 0.471. The fraction of sp³-hybridized carbons (Fsp3) is 1.00. The van der Waals surface area contributed by atoms with Gasteiger partial charge in [-0.2, -0.15) is 0 Å². The minimum absolute atomic E-state index is 0.413. The number of hydrogen-bond donors (Lipinski definition) is 2. The first-order valence-corrected chi connectivity index (χ1v) is 1.79. The van der Waals surface area contributed by atoms with E-state index in [0.29, 0.717) is 6.42 Å². The summed E-state index contributed by atoms with van der Waals surface area (Å²) >= 11 is 0. The van der Waals surface area contributed by atoms with Crippen LogP contribution in [0.1, 0.15) is 13.3 Å². The van der Waals surface area contributed by atoms with Gasteiger partial charge < -0.3 is 5.11 Å². The van der Waals surface area contributed by atoms with E-state index in [0.717, 1.165) is 0 Å². The minimum Gasteiger partial charge on any atom is -0.366 e. The van der Waals surface area contributed by atoms with E-state index in [1.54, 1.807) is 6.92 Å². The van der Waals surface area contributed by atoms with Crippen molar-refractivity contribution in [2.24, 2.45) is 0 Å². The van der Waals surface area contributed by atoms with Crippen LogP contribution in [0.3, 0.4) is 0 Å². The Morgan fingerprint density at radius 1 is 1.83 bits per heavy atom. The topological polar surface area (TPSA) is 49.7 Å². The van der Waals surface area contributed by atoms with Crippen LogP contribution in [-0.2, 0) is 4.89 Å². The second kappa shape index (κ2) is 3.08. The van der Waals surface area contributed by atoms with Crippen LogP contribution in [0.15, 0.2) is 0 Å². The second-order valence-corrected chi connectivity index (χ2v) is 0.968. The molecular weight excluding hydrogens is 84.0 g/mol. The molecule has 0 amide bonds. The van der Waals surface area contributed by atoms with Crippen LogP contribution in [0.2, 0.25) is 0 Å². The maximum absolute atomic E-state index is 8.19. The van der Waals surface area contributed by atoms with Crippen molar-refractivity contribution in [3.8, 4) is 0 Å². The van der Waals surface area contributed by atoms with Gasteiger partial charge in [0, 0.05) is 0 Å². The Bertz CT molecular complexity index is 25.2. The Morgan fingerprint density at radius 2 is 2.33 bits per heavy atom. The zero-order valence-corrected chi connectivity index (χ0v) is 3.59. The van der Waals surface area contributed by atoms with Gasteiger partial charge in [0.1, 0.15) is 0 Å². The summed E-state index contributed by atoms with van der Waals surface area (Å²) in [5, 5.41) is 15.8. The van der Waals surface area contributed by atoms with Crippen molar-refractivity contribution in [2.45, 2.75) is 19.6 Å². The van der Waals surface area contributed by atoms with Crippen LogP contribution in [0.5, 0.6) is 0 Å². The molecule has 0 aromatic carbocycles. The van der Waals surface area contributed by atoms with Gasteiger partial charge in [-0.05, 0) is 6.42 Å². The highest BCUT2D eigenvalue weighted by molar-refractivity contribution is 4.24. The standard InChI is InChI=1S/C3H8O3/c1-2-3(4)6-5/h3-5H,2H2,1H3. The lowest BCUT2D eigenvalue weighted by molar-refractivity contribution is -0.334. The van der Waals surface area contributed by atoms with Crippen LogP contribution in [-0.4, -0.2) is 16.7 Å². The minimum atomic E-state index is -1.01. The molecule has 38 valence electrons. The maximum Gasteiger partial charge on any atom is 0.188 e. The highest BCUT2D eigenvalue weighted by Gasteiger charge is 1.93. The molecule has 0 heterocycles. The maximum atomic E-state index is 8.19. The Balaban J connectivity index is 2.75. The summed E-state index contributed by atoms with van der Waals surface area (Å²) in [6.07, 6.45) is -0.596. The number of aliphatic hydroxyl groups excluding tert-OH is 1. The van der Waals surface area contributed by atoms with Gasteiger partial charge in [-0.3, -0.25) is 0 Å². The SMILES string of the molecule is CCC(O)OO. The van der Waals surface area contributed by atoms with Gasteiger partial charge >= 0.3 is 0 Å². The molecule has 1 unspecified atom stereocenters. The van der Waals surface area contributed by atoms with Gasteiger partial charge in [0.05, 0.1) is 0 Å². The molecular formula is C3H8O3. The van der Waals surface area contributed by atoms with Crippen molar-refractivity contribution in [3.05, 3.63) is 0 Å². The molecule has 3 nitrogen and oxygen atoms in total. The summed E-state index contributed by atoms with van der Waals surface area (Å²) in [6.45, 7) is 1.70. The van der Waals surface area contributed by atoms with E-state index in [2.05, 4.69) is 4.89 Å². The van der Waals surface area contributed by atoms with Crippen molar-refractivity contribution < 1.29 is 15.3 Å². The average molecular weight is 92.1 g/mol. The number of hydrogen-bond acceptors (Lipinski definition) is 3. The van der Waals surface area contributed by atoms with Crippen molar-refractivity contribution in [3.63, 3.8) is 0 Å². The smallest absolute Gasteiger partial charge is 0.188 e. The molecule has 0 aliphatic carbocycles. The van der Waals surface area contributed by atoms with Gasteiger partial charge in [0.15, 0.2) is 6.29 Å². The highest BCUT2D eigenvalue weighted by atomic mass is 17.1. The van der Waals surface area contributed by atoms with Crippen LogP contribution >= 0.6 is 0 Å². The van der Waals surface area contributed by atoms with E-state index >= 15 is 0 Å². The highest BCUT2D eigenvalue weighted by Crippen LogP contribution is 1.85. The van der Waals surface area contributed by atoms with Crippen molar-refractivity contribution in [1.82, 2.24) is 0 Å². The van der Waals surface area contributed by atoms with Gasteiger partial charge in [0.25, 0.3) is 0 Å². The zero-order chi connectivity index (χ0) is 4.99. The van der Waals surface area contributed by atoms with E-state index in [1.165, 1.54) is 0 Å². The third-order valence-corrected chi connectivity index (χ3v) is 0.471. The summed E-state index contributed by atoms with van der Waals surface area (Å²) in [5.74, 6) is 0. The lowest BCUT2D eigenvalue weighted by atomic mass is 10.5. The quantitative estimate of drug-likeness (QED) is 0.290. The van der Waals surface area contributed by atoms with E-state index in [4.69, 9.17) is 10.4 Å². The van der Waals surface area contributed by atoms with Gasteiger partial charge in [-0.25, -0.2) is 10.1 Å². The molecule has 0 rings (SSSR count). The lowest BCUT2D eigenvalue weighted by Gasteiger charge is -1.97. The molecule has 2 N–H and O–H groups in total. The normalized spacial score (nSPS) is 14.5. The average Bonchev–Trinajstić information content (AvgIpc) is 1.65. The van der Waals surface area contributed by atoms with E-state index in [-0.39, 0.29) is 0 Å². The van der Waals surface area contributed by atoms with Crippen LogP contribution in [0, 0.1) is 0 Å². The summed E-state index contributed by atoms with van der Waals surface area (Å²) < 4.78 is 0. The van der Waals surface area contributed by atoms with E-state index < -0.39 is 6.29 Å². The number of aliphatic hydroxyl groups is 1. The van der Waals surface area contributed by atoms with Crippen LogP contribution in [0.4, 0.5) is 0 Å². The lowest BCUT2D eigenvalue weighted by Crippen LogP contribution is -2.05. The molecule has 1 atom stereocenters. The summed E-state index contributed by atoms with van der Waals surface area (Å²) in [4.78, 5) is 3.45. The first-order valence-electron chi connectivity index (χ1n) is 1.79. The Labute approximate surface area is 36.1 Å². The molecule has 0 aliphatic heterocycles. The van der Waals surface area contributed by atoms with Gasteiger partial charge in [0.2, 0.25) is 0 Å². The predicted molar refractivity (Wildman–Crippen MR) is 20.0 cm³/mol. The molecule has 3 heteroatoms. The molecule has 0 aliphatic rings. The van der Waals surface area contributed by atoms with Crippen molar-refractivity contribution in [2.75, 3.05) is 0 Å². The second-order valence-electron chi connectivity index (χ2n) is 0.968. The molecule has 0 bridgehead atoms. The summed E-state index contributed by atoms with van der Waals surface area (Å²) in [7, 11) is 0. The molecule has 0 aromatic heterocycles. The summed E-state index contributed by atoms with van der Waals surface area (Å²) in [6, 6.07) is 0. The molecule has 0 saturated carbocycles. The number of rotatable bonds is 2. The predicted octanol–water partition coefficient (Wildman–Crippen LogP) is 0.204. The van der Waals surface area contributed by atoms with Crippen LogP contribution in [0.25, 0.3) is 0 Å². The Kier molecular flexibility index (Phi) is 3.02. The first-order chi connectivity index (χ1) is 2.81. The Morgan fingerprint density at radius 3 is 2.33 bits per heavy atom. The van der Waals surface area contributed by atoms with E-state index in [9.17, 15) is 0 Å². The third kappa shape index (κ3) is 2.14. The molecule has 0 saturated heterocycles. The molecule has 0 spiro atoms. The largest absolute Gasteiger partial charge is 0.366 e. The monoisotopic (exact) mass is 92.0 g/mol. The molecule has 0 aromatic rings. The Hall–Kier alpha value is -0.120. The fourth-order valence-electron chi connectivity index (χ4n) is 0.0745. The van der Waals surface area contributed by atoms with Crippen molar-refractivity contribution >= 4 is 0 Å². The van der Waals surface area contributed by atoms with Gasteiger partial charge in [-0.15, -0.1) is 0 Å². The molecule has 0 fully saturated rings. The molecule has 6 heavy (non-hydrogen) atoms. The first kappa shape index (κ1) is 5.88.